The van der Waals surface area contributed by atoms with Gasteiger partial charge in [0, 0.05) is 12.4 Å². The SMILES string of the molecule is OC[C@H]1O[C@@H](Oc2n[nH]c3cccc(CCc4ccncc4)c23)[C@H](O)[C@@H](O)[C@@H]1O. The third kappa shape index (κ3) is 3.96. The molecule has 0 amide bonds. The van der Waals surface area contributed by atoms with Crippen LogP contribution in [0.1, 0.15) is 11.1 Å². The predicted molar refractivity (Wildman–Crippen MR) is 102 cm³/mol. The average Bonchev–Trinajstić information content (AvgIpc) is 3.17. The van der Waals surface area contributed by atoms with Gasteiger partial charge in [-0.05, 0) is 42.2 Å². The summed E-state index contributed by atoms with van der Waals surface area (Å²) in [6.07, 6.45) is -1.76. The molecule has 5 N–H and O–H groups in total. The molecule has 29 heavy (non-hydrogen) atoms. The Labute approximate surface area is 166 Å². The van der Waals surface area contributed by atoms with Crippen molar-refractivity contribution in [3.63, 3.8) is 0 Å². The number of nitrogens with zero attached hydrogens (tertiary/aromatic N) is 2. The Hall–Kier alpha value is -2.56. The number of aromatic amines is 1. The maximum absolute atomic E-state index is 10.2. The minimum absolute atomic E-state index is 0.217. The Bertz CT molecular complexity index is 948. The van der Waals surface area contributed by atoms with E-state index in [2.05, 4.69) is 15.2 Å². The highest BCUT2D eigenvalue weighted by molar-refractivity contribution is 5.87. The first-order chi connectivity index (χ1) is 14.1. The molecule has 5 atom stereocenters. The summed E-state index contributed by atoms with van der Waals surface area (Å²) in [5, 5.41) is 47.3. The molecule has 9 nitrogen and oxygen atoms in total. The van der Waals surface area contributed by atoms with E-state index in [1.54, 1.807) is 12.4 Å². The highest BCUT2D eigenvalue weighted by Crippen LogP contribution is 2.31. The lowest BCUT2D eigenvalue weighted by molar-refractivity contribution is -0.277. The number of ether oxygens (including phenoxy) is 2. The molecule has 3 aromatic rings. The number of aliphatic hydroxyl groups excluding tert-OH is 4. The van der Waals surface area contributed by atoms with Crippen molar-refractivity contribution in [1.29, 1.82) is 0 Å². The average molecular weight is 401 g/mol. The molecule has 0 saturated carbocycles. The van der Waals surface area contributed by atoms with Crippen molar-refractivity contribution in [1.82, 2.24) is 15.2 Å². The lowest BCUT2D eigenvalue weighted by atomic mass is 9.99. The zero-order valence-corrected chi connectivity index (χ0v) is 15.5. The molecule has 1 fully saturated rings. The molecule has 154 valence electrons. The quantitative estimate of drug-likeness (QED) is 0.386. The van der Waals surface area contributed by atoms with Gasteiger partial charge in [0.05, 0.1) is 17.5 Å². The summed E-state index contributed by atoms with van der Waals surface area (Å²) in [5.41, 5.74) is 2.90. The number of aryl methyl sites for hydroxylation is 2. The zero-order chi connectivity index (χ0) is 20.4. The van der Waals surface area contributed by atoms with Crippen molar-refractivity contribution in [2.45, 2.75) is 43.5 Å². The molecule has 1 aliphatic rings. The molecule has 4 rings (SSSR count). The molecule has 0 bridgehead atoms. The van der Waals surface area contributed by atoms with Crippen molar-refractivity contribution in [2.24, 2.45) is 0 Å². The van der Waals surface area contributed by atoms with Gasteiger partial charge in [0.15, 0.2) is 0 Å². The van der Waals surface area contributed by atoms with Crippen LogP contribution >= 0.6 is 0 Å². The van der Waals surface area contributed by atoms with E-state index in [9.17, 15) is 20.4 Å². The van der Waals surface area contributed by atoms with Crippen molar-refractivity contribution in [2.75, 3.05) is 6.61 Å². The van der Waals surface area contributed by atoms with Crippen LogP contribution in [0.15, 0.2) is 42.7 Å². The number of pyridine rings is 1. The largest absolute Gasteiger partial charge is 0.443 e. The van der Waals surface area contributed by atoms with Gasteiger partial charge in [0.1, 0.15) is 24.4 Å². The van der Waals surface area contributed by atoms with E-state index in [4.69, 9.17) is 9.47 Å². The Kier molecular flexibility index (Phi) is 5.74. The summed E-state index contributed by atoms with van der Waals surface area (Å²) in [4.78, 5) is 4.02. The molecule has 2 aromatic heterocycles. The third-order valence-corrected chi connectivity index (χ3v) is 5.15. The summed E-state index contributed by atoms with van der Waals surface area (Å²) in [6.45, 7) is -0.525. The van der Waals surface area contributed by atoms with Crippen LogP contribution in [-0.2, 0) is 17.6 Å². The number of benzene rings is 1. The second-order valence-electron chi connectivity index (χ2n) is 7.04. The molecule has 1 aromatic carbocycles. The van der Waals surface area contributed by atoms with Gasteiger partial charge in [-0.2, -0.15) is 0 Å². The zero-order valence-electron chi connectivity index (χ0n) is 15.5. The fourth-order valence-corrected chi connectivity index (χ4v) is 3.51. The molecule has 1 aliphatic heterocycles. The van der Waals surface area contributed by atoms with Crippen molar-refractivity contribution in [3.8, 4) is 5.88 Å². The molecule has 1 saturated heterocycles. The summed E-state index contributed by atoms with van der Waals surface area (Å²) in [7, 11) is 0. The minimum Gasteiger partial charge on any atom is -0.443 e. The molecule has 0 spiro atoms. The lowest BCUT2D eigenvalue weighted by Crippen LogP contribution is -2.60. The van der Waals surface area contributed by atoms with E-state index in [-0.39, 0.29) is 5.88 Å². The number of H-pyrrole nitrogens is 1. The van der Waals surface area contributed by atoms with Gasteiger partial charge < -0.3 is 29.9 Å². The van der Waals surface area contributed by atoms with Crippen LogP contribution in [0.4, 0.5) is 0 Å². The maximum atomic E-state index is 10.2. The van der Waals surface area contributed by atoms with Gasteiger partial charge in [0.2, 0.25) is 12.2 Å². The number of rotatable bonds is 6. The molecular formula is C20H23N3O6. The van der Waals surface area contributed by atoms with Gasteiger partial charge in [-0.25, -0.2) is 0 Å². The standard InChI is InChI=1S/C20H23N3O6/c24-10-14-16(25)17(26)18(27)20(28-14)29-19-15-12(2-1-3-13(15)22-23-19)5-4-11-6-8-21-9-7-11/h1-3,6-9,14,16-18,20,24-27H,4-5,10H2,(H,22,23)/t14-,16-,17+,18-,20+/m1/s1. The first-order valence-corrected chi connectivity index (χ1v) is 9.40. The number of fused-ring (bicyclic) bond motifs is 1. The van der Waals surface area contributed by atoms with E-state index in [1.165, 1.54) is 0 Å². The van der Waals surface area contributed by atoms with Gasteiger partial charge >= 0.3 is 0 Å². The predicted octanol–water partition coefficient (Wildman–Crippen LogP) is -0.0782. The Morgan fingerprint density at radius 1 is 1.00 bits per heavy atom. The molecule has 0 radical (unpaired) electrons. The fraction of sp³-hybridized carbons (Fsp3) is 0.400. The van der Waals surface area contributed by atoms with E-state index < -0.39 is 37.3 Å². The number of aromatic nitrogens is 3. The fourth-order valence-electron chi connectivity index (χ4n) is 3.51. The molecular weight excluding hydrogens is 378 g/mol. The van der Waals surface area contributed by atoms with E-state index in [0.29, 0.717) is 0 Å². The number of hydrogen-bond donors (Lipinski definition) is 5. The Balaban J connectivity index is 1.58. The highest BCUT2D eigenvalue weighted by atomic mass is 16.7. The van der Waals surface area contributed by atoms with Gasteiger partial charge in [-0.1, -0.05) is 12.1 Å². The van der Waals surface area contributed by atoms with E-state index >= 15 is 0 Å². The lowest BCUT2D eigenvalue weighted by Gasteiger charge is -2.39. The van der Waals surface area contributed by atoms with Crippen LogP contribution in [-0.4, -0.2) is 72.9 Å². The van der Waals surface area contributed by atoms with Crippen LogP contribution < -0.4 is 4.74 Å². The summed E-state index contributed by atoms with van der Waals surface area (Å²) >= 11 is 0. The summed E-state index contributed by atoms with van der Waals surface area (Å²) in [6, 6.07) is 9.67. The first kappa shape index (κ1) is 19.7. The van der Waals surface area contributed by atoms with Gasteiger partial charge in [-0.15, -0.1) is 5.10 Å². The topological polar surface area (TPSA) is 141 Å². The molecule has 9 heteroatoms. The number of hydrogen-bond acceptors (Lipinski definition) is 8. The highest BCUT2D eigenvalue weighted by Gasteiger charge is 2.45. The van der Waals surface area contributed by atoms with Crippen LogP contribution in [0, 0.1) is 0 Å². The second kappa shape index (κ2) is 8.44. The van der Waals surface area contributed by atoms with Crippen LogP contribution in [0.2, 0.25) is 0 Å². The van der Waals surface area contributed by atoms with Crippen LogP contribution in [0.25, 0.3) is 10.9 Å². The Morgan fingerprint density at radius 3 is 2.55 bits per heavy atom. The maximum Gasteiger partial charge on any atom is 0.243 e. The van der Waals surface area contributed by atoms with Crippen LogP contribution in [0.5, 0.6) is 5.88 Å². The van der Waals surface area contributed by atoms with Gasteiger partial charge in [0.25, 0.3) is 0 Å². The summed E-state index contributed by atoms with van der Waals surface area (Å²) < 4.78 is 11.2. The monoisotopic (exact) mass is 401 g/mol. The second-order valence-corrected chi connectivity index (χ2v) is 7.04. The number of aliphatic hydroxyl groups is 4. The Morgan fingerprint density at radius 2 is 1.79 bits per heavy atom. The third-order valence-electron chi connectivity index (χ3n) is 5.15. The van der Waals surface area contributed by atoms with Crippen molar-refractivity contribution in [3.05, 3.63) is 53.9 Å². The molecule has 0 aliphatic carbocycles. The normalized spacial score (nSPS) is 27.2. The van der Waals surface area contributed by atoms with Crippen molar-refractivity contribution < 1.29 is 29.9 Å². The smallest absolute Gasteiger partial charge is 0.243 e. The van der Waals surface area contributed by atoms with E-state index in [1.807, 2.05) is 30.3 Å². The first-order valence-electron chi connectivity index (χ1n) is 9.40. The molecule has 3 heterocycles. The van der Waals surface area contributed by atoms with E-state index in [0.717, 1.165) is 34.9 Å². The minimum atomic E-state index is -1.51. The van der Waals surface area contributed by atoms with Gasteiger partial charge in [-0.3, -0.25) is 10.1 Å². The van der Waals surface area contributed by atoms with Crippen molar-refractivity contribution >= 4 is 10.9 Å². The number of nitrogens with one attached hydrogen (secondary N) is 1. The molecule has 0 unspecified atom stereocenters. The summed E-state index contributed by atoms with van der Waals surface area (Å²) in [5.74, 6) is 0.217. The van der Waals surface area contributed by atoms with Crippen LogP contribution in [0.3, 0.4) is 0 Å².